The number of likely N-dealkylation sites (tertiary alicyclic amines) is 2. The molecule has 4 fully saturated rings. The Morgan fingerprint density at radius 3 is 1.64 bits per heavy atom. The van der Waals surface area contributed by atoms with Gasteiger partial charge in [-0.3, -0.25) is 9.59 Å². The second-order valence-corrected chi connectivity index (χ2v) is 21.8. The first-order valence-electron chi connectivity index (χ1n) is 25.3. The van der Waals surface area contributed by atoms with Gasteiger partial charge in [-0.2, -0.15) is 14.9 Å². The number of aliphatic imine (C=N–C) groups is 1. The molecular weight excluding hydrogens is 1100 g/mol. The summed E-state index contributed by atoms with van der Waals surface area (Å²) in [5.41, 5.74) is 16.2. The average Bonchev–Trinajstić information content (AvgIpc) is 3.80. The van der Waals surface area contributed by atoms with Crippen LogP contribution in [-0.2, 0) is 0 Å². The minimum Gasteiger partial charge on any atom is -0.382 e. The number of nitrogens with one attached hydrogen (secondary N) is 2. The lowest BCUT2D eigenvalue weighted by Gasteiger charge is -2.41. The van der Waals surface area contributed by atoms with Crippen LogP contribution in [0.5, 0.6) is 0 Å². The summed E-state index contributed by atoms with van der Waals surface area (Å²) >= 11 is 10.8. The number of thioether (sulfide) groups is 1. The molecule has 0 bridgehead atoms. The number of benzene rings is 4. The molecule has 75 heavy (non-hydrogen) atoms. The fraction of sp³-hybridized carbons (Fsp3) is 0.426. The Morgan fingerprint density at radius 1 is 0.707 bits per heavy atom. The van der Waals surface area contributed by atoms with Crippen molar-refractivity contribution in [2.24, 2.45) is 10.7 Å². The van der Waals surface area contributed by atoms with Gasteiger partial charge in [0.15, 0.2) is 44.5 Å². The highest BCUT2D eigenvalue weighted by molar-refractivity contribution is 9.09. The molecule has 1 aromatic heterocycles. The van der Waals surface area contributed by atoms with Gasteiger partial charge >= 0.3 is 0 Å². The molecule has 4 aliphatic rings. The minimum atomic E-state index is -1.08. The number of ketones is 2. The van der Waals surface area contributed by atoms with Gasteiger partial charge in [-0.25, -0.2) is 22.5 Å². The number of hydrogen-bond acceptors (Lipinski definition) is 12. The summed E-state index contributed by atoms with van der Waals surface area (Å²) in [6.45, 7) is 11.5. The van der Waals surface area contributed by atoms with Gasteiger partial charge < -0.3 is 41.7 Å². The van der Waals surface area contributed by atoms with Crippen molar-refractivity contribution < 1.29 is 27.2 Å². The number of nitrogen functional groups attached to an aromatic ring is 1. The molecular formula is C54H68BrF4N10O2PS3. The molecule has 1 atom stereocenters. The van der Waals surface area contributed by atoms with Crippen molar-refractivity contribution in [2.45, 2.75) is 83.2 Å². The number of nitrogens with zero attached hydrogens (tertiary/aromatic N) is 6. The van der Waals surface area contributed by atoms with E-state index in [1.54, 1.807) is 0 Å². The Morgan fingerprint density at radius 2 is 1.17 bits per heavy atom. The Balaban J connectivity index is 0.000000202. The van der Waals surface area contributed by atoms with E-state index in [2.05, 4.69) is 92.5 Å². The summed E-state index contributed by atoms with van der Waals surface area (Å²) < 4.78 is 51.6. The first-order valence-corrected chi connectivity index (χ1v) is 28.6. The fourth-order valence-electron chi connectivity index (χ4n) is 9.68. The van der Waals surface area contributed by atoms with Crippen LogP contribution in [0.25, 0.3) is 0 Å². The number of alkyl halides is 1. The highest BCUT2D eigenvalue weighted by Crippen LogP contribution is 2.32. The molecule has 5 aromatic rings. The van der Waals surface area contributed by atoms with Crippen LogP contribution in [0.2, 0.25) is 0 Å². The number of nitrogens with two attached hydrogens (primary N) is 2. The van der Waals surface area contributed by atoms with E-state index in [4.69, 9.17) is 23.7 Å². The van der Waals surface area contributed by atoms with Crippen LogP contribution in [0.4, 0.5) is 51.3 Å². The number of rotatable bonds is 12. The molecule has 0 spiro atoms. The lowest BCUT2D eigenvalue weighted by molar-refractivity contribution is 0.102. The zero-order valence-corrected chi connectivity index (χ0v) is 47.8. The molecule has 4 saturated heterocycles. The molecule has 6 N–H and O–H groups in total. The van der Waals surface area contributed by atoms with Gasteiger partial charge in [0, 0.05) is 72.1 Å². The number of halogens is 5. The van der Waals surface area contributed by atoms with E-state index in [9.17, 15) is 27.2 Å². The second-order valence-electron chi connectivity index (χ2n) is 18.5. The van der Waals surface area contributed by atoms with E-state index >= 15 is 0 Å². The van der Waals surface area contributed by atoms with Crippen LogP contribution in [0.15, 0.2) is 89.9 Å². The molecule has 0 saturated carbocycles. The van der Waals surface area contributed by atoms with Crippen molar-refractivity contribution in [1.82, 2.24) is 14.8 Å². The molecule has 4 aliphatic heterocycles. The van der Waals surface area contributed by atoms with Crippen molar-refractivity contribution >= 4 is 117 Å². The zero-order chi connectivity index (χ0) is 52.6. The molecule has 9 rings (SSSR count). The van der Waals surface area contributed by atoms with E-state index < -0.39 is 29.1 Å². The largest absolute Gasteiger partial charge is 0.382 e. The van der Waals surface area contributed by atoms with E-state index in [-0.39, 0.29) is 42.8 Å². The smallest absolute Gasteiger partial charge is 0.206 e. The summed E-state index contributed by atoms with van der Waals surface area (Å²) in [6, 6.07) is 24.2. The van der Waals surface area contributed by atoms with Crippen molar-refractivity contribution in [3.05, 3.63) is 124 Å². The third-order valence-corrected chi connectivity index (χ3v) is 16.0. The number of piperidine rings is 4. The number of thiazole rings is 1. The molecule has 0 amide bonds. The maximum absolute atomic E-state index is 13.5. The SMILES string of the molecule is CCSC(N)=NC(=S)Nc1ccc(N2CCC(N3CCCCC3)CC2)cc1.Nc1nc(Nc2ccc(N3CCC(N4CCCCC4)CC3)cc2)sc1C(=O)c1ccc(F)c(F)c1.O=C(CBr)c1ccc(F)c(F)c1.P. The molecule has 21 heteroatoms. The van der Waals surface area contributed by atoms with E-state index in [1.807, 2.05) is 19.1 Å². The number of hydrogen-bond donors (Lipinski definition) is 4. The molecule has 404 valence electrons. The number of carbonyl (C=O) groups is 2. The van der Waals surface area contributed by atoms with Gasteiger partial charge in [-0.15, -0.1) is 0 Å². The number of Topliss-reactive ketones (excluding diaryl/α,β-unsaturated/α-hetero) is 1. The summed E-state index contributed by atoms with van der Waals surface area (Å²) in [5, 5.41) is 7.80. The normalized spacial score (nSPS) is 16.9. The Hall–Kier alpha value is -4.69. The average molecular weight is 1170 g/mol. The number of aromatic nitrogens is 1. The fourth-order valence-corrected chi connectivity index (χ4v) is 11.6. The maximum atomic E-state index is 13.5. The Labute approximate surface area is 463 Å². The first kappa shape index (κ1) is 59.6. The number of anilines is 6. The molecule has 5 heterocycles. The molecule has 0 radical (unpaired) electrons. The summed E-state index contributed by atoms with van der Waals surface area (Å²) in [4.78, 5) is 42.6. The van der Waals surface area contributed by atoms with Crippen molar-refractivity contribution in [3.8, 4) is 0 Å². The minimum absolute atomic E-state index is 0. The molecule has 12 nitrogen and oxygen atoms in total. The van der Waals surface area contributed by atoms with E-state index in [1.165, 1.54) is 126 Å². The summed E-state index contributed by atoms with van der Waals surface area (Å²) in [7, 11) is 0. The highest BCUT2D eigenvalue weighted by Gasteiger charge is 2.27. The van der Waals surface area contributed by atoms with Crippen LogP contribution >= 0.6 is 61.1 Å². The second kappa shape index (κ2) is 29.7. The van der Waals surface area contributed by atoms with Crippen LogP contribution in [0.1, 0.15) is 96.7 Å². The van der Waals surface area contributed by atoms with Gasteiger partial charge in [0.2, 0.25) is 5.78 Å². The molecule has 0 aliphatic carbocycles. The van der Waals surface area contributed by atoms with E-state index in [0.29, 0.717) is 21.5 Å². The quantitative estimate of drug-likeness (QED) is 0.0179. The van der Waals surface area contributed by atoms with Crippen LogP contribution in [0, 0.1) is 23.3 Å². The van der Waals surface area contributed by atoms with E-state index in [0.717, 1.165) is 85.0 Å². The third kappa shape index (κ3) is 17.4. The van der Waals surface area contributed by atoms with Gasteiger partial charge in [-0.05, 0) is 180 Å². The topological polar surface area (TPSA) is 148 Å². The number of amidine groups is 1. The standard InChI is InChI=1S/C26H29F2N5OS.C20H31N5S2.C8H5BrF2O.H3P/c27-21-9-4-17(16-22(21)28)23(34)24-25(29)31-26(35-24)30-18-5-7-19(8-6-18)33-14-10-20(11-15-33)32-12-2-1-3-13-32;1-2-27-19(21)23-20(26)22-16-6-8-17(9-7-16)25-14-10-18(11-15-25)24-12-4-3-5-13-24;9-4-8(12)5-1-2-6(10)7(11)3-5;/h4-9,16,20H,1-3,10-15,29H2,(H,30,31);6-9,18H,2-5,10-15H2,1H3,(H3,21,22,23,26);1-3H,4H2;1H3. The van der Waals surface area contributed by atoms with Crippen molar-refractivity contribution in [2.75, 3.05) is 89.6 Å². The van der Waals surface area contributed by atoms with Gasteiger partial charge in [0.25, 0.3) is 0 Å². The van der Waals surface area contributed by atoms with Crippen molar-refractivity contribution in [3.63, 3.8) is 0 Å². The zero-order valence-electron chi connectivity index (χ0n) is 42.4. The molecule has 1 unspecified atom stereocenters. The van der Waals surface area contributed by atoms with Crippen LogP contribution < -0.4 is 31.9 Å². The van der Waals surface area contributed by atoms with Gasteiger partial charge in [-0.1, -0.05) is 58.8 Å². The highest BCUT2D eigenvalue weighted by atomic mass is 79.9. The van der Waals surface area contributed by atoms with Gasteiger partial charge in [0.1, 0.15) is 10.7 Å². The summed E-state index contributed by atoms with van der Waals surface area (Å²) in [5.74, 6) is -3.84. The Kier molecular flexibility index (Phi) is 23.6. The van der Waals surface area contributed by atoms with Crippen molar-refractivity contribution in [1.29, 1.82) is 0 Å². The number of thiocarbonyl (C=S) groups is 1. The Bertz CT molecular complexity index is 2680. The van der Waals surface area contributed by atoms with Crippen LogP contribution in [-0.4, -0.2) is 112 Å². The predicted molar refractivity (Wildman–Crippen MR) is 315 cm³/mol. The lowest BCUT2D eigenvalue weighted by Crippen LogP contribution is -2.46. The number of carbonyl (C=O) groups excluding carboxylic acids is 2. The molecule has 4 aromatic carbocycles. The monoisotopic (exact) mass is 1170 g/mol. The summed E-state index contributed by atoms with van der Waals surface area (Å²) in [6.07, 6.45) is 13.1. The van der Waals surface area contributed by atoms with Crippen LogP contribution in [0.3, 0.4) is 0 Å². The predicted octanol–water partition coefficient (Wildman–Crippen LogP) is 11.9. The first-order chi connectivity index (χ1) is 35.8. The third-order valence-electron chi connectivity index (χ3n) is 13.6. The van der Waals surface area contributed by atoms with Gasteiger partial charge in [0.05, 0.1) is 5.33 Å². The maximum Gasteiger partial charge on any atom is 0.206 e. The lowest BCUT2D eigenvalue weighted by atomic mass is 9.99.